The number of carbonyl (C=O) groups excluding carboxylic acids is 1. The van der Waals surface area contributed by atoms with Crippen LogP contribution in [0.25, 0.3) is 0 Å². The van der Waals surface area contributed by atoms with Crippen LogP contribution in [0.2, 0.25) is 0 Å². The van der Waals surface area contributed by atoms with Crippen LogP contribution in [-0.2, 0) is 4.79 Å². The van der Waals surface area contributed by atoms with Gasteiger partial charge in [-0.3, -0.25) is 4.79 Å². The van der Waals surface area contributed by atoms with Gasteiger partial charge in [-0.25, -0.2) is 0 Å². The predicted molar refractivity (Wildman–Crippen MR) is 92.0 cm³/mol. The van der Waals surface area contributed by atoms with Gasteiger partial charge in [0.15, 0.2) is 0 Å². The normalized spacial score (nSPS) is 39.2. The number of hydrogen-bond acceptors (Lipinski definition) is 2. The summed E-state index contributed by atoms with van der Waals surface area (Å²) in [4.78, 5) is 15.8. The van der Waals surface area contributed by atoms with E-state index in [1.165, 1.54) is 77.0 Å². The van der Waals surface area contributed by atoms with Gasteiger partial charge in [-0.15, -0.1) is 0 Å². The molecule has 3 fully saturated rings. The summed E-state index contributed by atoms with van der Waals surface area (Å²) in [5, 5.41) is 0. The Labute approximate surface area is 137 Å². The van der Waals surface area contributed by atoms with Crippen LogP contribution < -0.4 is 0 Å². The third-order valence-corrected chi connectivity index (χ3v) is 6.83. The number of carbonyl (C=O) groups is 1. The zero-order valence-corrected chi connectivity index (χ0v) is 14.6. The lowest BCUT2D eigenvalue weighted by atomic mass is 9.80. The van der Waals surface area contributed by atoms with Gasteiger partial charge < -0.3 is 4.90 Å². The van der Waals surface area contributed by atoms with E-state index in [2.05, 4.69) is 11.9 Å². The van der Waals surface area contributed by atoms with E-state index < -0.39 is 0 Å². The Hall–Kier alpha value is -0.370. The lowest BCUT2D eigenvalue weighted by Gasteiger charge is -2.37. The SMILES string of the molecule is CN1C2CCCCCC(CC2)C(=O)C2CCCCCC1CC2. The average molecular weight is 306 g/mol. The second kappa shape index (κ2) is 7.95. The molecule has 1 aliphatic heterocycles. The fraction of sp³-hybridized carbons (Fsp3) is 0.950. The Morgan fingerprint density at radius 1 is 0.636 bits per heavy atom. The van der Waals surface area contributed by atoms with Crippen molar-refractivity contribution in [2.75, 3.05) is 7.05 Å². The summed E-state index contributed by atoms with van der Waals surface area (Å²) < 4.78 is 0. The van der Waals surface area contributed by atoms with Gasteiger partial charge in [0.2, 0.25) is 0 Å². The van der Waals surface area contributed by atoms with Crippen LogP contribution in [-0.4, -0.2) is 29.8 Å². The van der Waals surface area contributed by atoms with Crippen molar-refractivity contribution in [1.29, 1.82) is 0 Å². The Morgan fingerprint density at radius 3 is 1.59 bits per heavy atom. The molecule has 0 spiro atoms. The fourth-order valence-corrected chi connectivity index (χ4v) is 5.27. The molecule has 4 bridgehead atoms. The molecule has 4 atom stereocenters. The van der Waals surface area contributed by atoms with Crippen molar-refractivity contribution in [3.05, 3.63) is 0 Å². The van der Waals surface area contributed by atoms with E-state index in [-0.39, 0.29) is 0 Å². The predicted octanol–water partition coefficient (Wildman–Crippen LogP) is 4.96. The zero-order valence-electron chi connectivity index (χ0n) is 14.6. The Kier molecular flexibility index (Phi) is 5.95. The molecule has 0 radical (unpaired) electrons. The first-order chi connectivity index (χ1) is 10.8. The van der Waals surface area contributed by atoms with E-state index in [0.29, 0.717) is 17.6 Å². The van der Waals surface area contributed by atoms with E-state index in [9.17, 15) is 4.79 Å². The molecule has 3 aliphatic rings. The number of ketones is 1. The summed E-state index contributed by atoms with van der Waals surface area (Å²) in [6.45, 7) is 0. The van der Waals surface area contributed by atoms with E-state index in [4.69, 9.17) is 0 Å². The minimum Gasteiger partial charge on any atom is -0.300 e. The van der Waals surface area contributed by atoms with E-state index in [0.717, 1.165) is 24.9 Å². The van der Waals surface area contributed by atoms with Gasteiger partial charge in [0.05, 0.1) is 0 Å². The first-order valence-electron chi connectivity index (χ1n) is 10.0. The molecule has 2 heteroatoms. The smallest absolute Gasteiger partial charge is 0.139 e. The van der Waals surface area contributed by atoms with Gasteiger partial charge >= 0.3 is 0 Å². The van der Waals surface area contributed by atoms with Crippen molar-refractivity contribution >= 4 is 5.78 Å². The second-order valence-corrected chi connectivity index (χ2v) is 8.20. The van der Waals surface area contributed by atoms with Gasteiger partial charge in [0, 0.05) is 23.9 Å². The van der Waals surface area contributed by atoms with Crippen molar-refractivity contribution < 1.29 is 4.79 Å². The summed E-state index contributed by atoms with van der Waals surface area (Å²) in [7, 11) is 2.39. The molecule has 4 unspecified atom stereocenters. The molecular weight excluding hydrogens is 270 g/mol. The van der Waals surface area contributed by atoms with Gasteiger partial charge in [-0.05, 0) is 58.4 Å². The molecule has 3 rings (SSSR count). The van der Waals surface area contributed by atoms with Gasteiger partial charge in [-0.1, -0.05) is 38.5 Å². The highest BCUT2D eigenvalue weighted by molar-refractivity contribution is 5.83. The summed E-state index contributed by atoms with van der Waals surface area (Å²) in [6, 6.07) is 1.46. The van der Waals surface area contributed by atoms with Crippen LogP contribution in [0.5, 0.6) is 0 Å². The number of Topliss-reactive ketones (excluding diaryl/α,β-unsaturated/α-hetero) is 1. The molecule has 0 aromatic rings. The molecule has 2 aliphatic carbocycles. The minimum atomic E-state index is 0.385. The highest BCUT2D eigenvalue weighted by Gasteiger charge is 2.33. The van der Waals surface area contributed by atoms with Crippen LogP contribution >= 0.6 is 0 Å². The van der Waals surface area contributed by atoms with Crippen molar-refractivity contribution in [2.24, 2.45) is 11.8 Å². The number of nitrogens with zero attached hydrogens (tertiary/aromatic N) is 1. The molecule has 0 N–H and O–H groups in total. The fourth-order valence-electron chi connectivity index (χ4n) is 5.27. The molecule has 0 amide bonds. The Bertz CT molecular complexity index is 335. The maximum absolute atomic E-state index is 13.1. The van der Waals surface area contributed by atoms with Crippen molar-refractivity contribution in [2.45, 2.75) is 102 Å². The van der Waals surface area contributed by atoms with E-state index in [1.54, 1.807) is 0 Å². The Morgan fingerprint density at radius 2 is 1.09 bits per heavy atom. The molecule has 2 nitrogen and oxygen atoms in total. The summed E-state index contributed by atoms with van der Waals surface area (Å²) in [6.07, 6.45) is 17.9. The Balaban J connectivity index is 1.85. The monoisotopic (exact) mass is 305 g/mol. The molecule has 22 heavy (non-hydrogen) atoms. The number of hydrogen-bond donors (Lipinski definition) is 0. The molecule has 1 heterocycles. The first-order valence-corrected chi connectivity index (χ1v) is 10.0. The average Bonchev–Trinajstić information content (AvgIpc) is 2.73. The molecule has 2 saturated carbocycles. The van der Waals surface area contributed by atoms with Crippen molar-refractivity contribution in [3.63, 3.8) is 0 Å². The summed E-state index contributed by atoms with van der Waals surface area (Å²) in [5.74, 6) is 1.43. The van der Waals surface area contributed by atoms with Gasteiger partial charge in [0.1, 0.15) is 5.78 Å². The van der Waals surface area contributed by atoms with Gasteiger partial charge in [0.25, 0.3) is 0 Å². The first kappa shape index (κ1) is 16.5. The molecule has 126 valence electrons. The second-order valence-electron chi connectivity index (χ2n) is 8.20. The molecule has 1 saturated heterocycles. The number of fused-ring (bicyclic) bond motifs is 6. The van der Waals surface area contributed by atoms with Crippen LogP contribution in [0.3, 0.4) is 0 Å². The summed E-state index contributed by atoms with van der Waals surface area (Å²) in [5.41, 5.74) is 0. The van der Waals surface area contributed by atoms with Crippen LogP contribution in [0, 0.1) is 11.8 Å². The highest BCUT2D eigenvalue weighted by Crippen LogP contribution is 2.34. The maximum atomic E-state index is 13.1. The van der Waals surface area contributed by atoms with Gasteiger partial charge in [-0.2, -0.15) is 0 Å². The molecular formula is C20H35NO. The largest absolute Gasteiger partial charge is 0.300 e. The van der Waals surface area contributed by atoms with Crippen molar-refractivity contribution in [3.8, 4) is 0 Å². The quantitative estimate of drug-likeness (QED) is 0.630. The maximum Gasteiger partial charge on any atom is 0.139 e. The lowest BCUT2D eigenvalue weighted by Crippen LogP contribution is -2.42. The van der Waals surface area contributed by atoms with E-state index in [1.807, 2.05) is 0 Å². The highest BCUT2D eigenvalue weighted by atomic mass is 16.1. The van der Waals surface area contributed by atoms with Crippen LogP contribution in [0.15, 0.2) is 0 Å². The van der Waals surface area contributed by atoms with E-state index >= 15 is 0 Å². The minimum absolute atomic E-state index is 0.385. The molecule has 0 aromatic heterocycles. The van der Waals surface area contributed by atoms with Crippen molar-refractivity contribution in [1.82, 2.24) is 4.90 Å². The topological polar surface area (TPSA) is 20.3 Å². The molecule has 0 aromatic carbocycles. The van der Waals surface area contributed by atoms with Crippen LogP contribution in [0.1, 0.15) is 89.9 Å². The van der Waals surface area contributed by atoms with Crippen LogP contribution in [0.4, 0.5) is 0 Å². The standard InChI is InChI=1S/C20H35NO/c1-21-18-10-6-2-4-8-16(12-14-18)20(22)17-9-5-3-7-11-19(21)15-13-17/h16-19H,2-15H2,1H3. The third-order valence-electron chi connectivity index (χ3n) is 6.83. The zero-order chi connectivity index (χ0) is 15.4. The number of rotatable bonds is 0. The lowest BCUT2D eigenvalue weighted by molar-refractivity contribution is -0.128. The third kappa shape index (κ3) is 3.93. The summed E-state index contributed by atoms with van der Waals surface area (Å²) >= 11 is 0.